The molecular weight excluding hydrogens is 389 g/mol. The van der Waals surface area contributed by atoms with Crippen LogP contribution in [0.25, 0.3) is 10.4 Å². The van der Waals surface area contributed by atoms with Crippen molar-refractivity contribution in [3.8, 4) is 0 Å². The molecule has 1 saturated heterocycles. The van der Waals surface area contributed by atoms with E-state index in [1.807, 2.05) is 0 Å². The standard InChI is InChI=1S/C12H24IN3O3Si/c1-12(2,3)20(4,5)19-10-6-8(15-16-14)11(17)9(7-13)18-10/h8-11,17H,6-7H2,1-5H3/t8-,9+,10-,11-/m0/s1. The normalized spacial score (nSPS) is 31.8. The van der Waals surface area contributed by atoms with Crippen LogP contribution in [0.4, 0.5) is 0 Å². The third-order valence-electron chi connectivity index (χ3n) is 4.12. The molecule has 1 N–H and O–H groups in total. The molecule has 0 saturated carbocycles. The Bertz CT molecular complexity index is 383. The predicted octanol–water partition coefficient (Wildman–Crippen LogP) is 3.60. The summed E-state index contributed by atoms with van der Waals surface area (Å²) in [4.78, 5) is 2.82. The third-order valence-corrected chi connectivity index (χ3v) is 9.45. The van der Waals surface area contributed by atoms with Gasteiger partial charge >= 0.3 is 0 Å². The summed E-state index contributed by atoms with van der Waals surface area (Å²) in [6.07, 6.45) is -1.11. The Morgan fingerprint density at radius 3 is 2.55 bits per heavy atom. The van der Waals surface area contributed by atoms with Crippen LogP contribution in [0, 0.1) is 0 Å². The second-order valence-corrected chi connectivity index (χ2v) is 12.3. The zero-order valence-corrected chi connectivity index (χ0v) is 15.9. The van der Waals surface area contributed by atoms with Gasteiger partial charge in [-0.1, -0.05) is 48.5 Å². The largest absolute Gasteiger partial charge is 0.392 e. The number of azide groups is 1. The molecule has 20 heavy (non-hydrogen) atoms. The number of hydrogen-bond acceptors (Lipinski definition) is 4. The maximum Gasteiger partial charge on any atom is 0.195 e. The van der Waals surface area contributed by atoms with Crippen LogP contribution in [0.1, 0.15) is 27.2 Å². The molecule has 1 aliphatic heterocycles. The van der Waals surface area contributed by atoms with E-state index in [1.54, 1.807) is 0 Å². The van der Waals surface area contributed by atoms with Gasteiger partial charge in [0.1, 0.15) is 6.29 Å². The van der Waals surface area contributed by atoms with Gasteiger partial charge in [0.25, 0.3) is 0 Å². The first-order valence-electron chi connectivity index (χ1n) is 6.74. The highest BCUT2D eigenvalue weighted by Gasteiger charge is 2.43. The van der Waals surface area contributed by atoms with Crippen LogP contribution in [-0.2, 0) is 9.16 Å². The molecule has 1 heterocycles. The van der Waals surface area contributed by atoms with Gasteiger partial charge in [-0.25, -0.2) is 0 Å². The van der Waals surface area contributed by atoms with E-state index >= 15 is 0 Å². The number of ether oxygens (including phenoxy) is 1. The van der Waals surface area contributed by atoms with Gasteiger partial charge in [-0.2, -0.15) is 0 Å². The van der Waals surface area contributed by atoms with Crippen LogP contribution in [0.3, 0.4) is 0 Å². The van der Waals surface area contributed by atoms with Gasteiger partial charge in [-0.15, -0.1) is 0 Å². The minimum absolute atomic E-state index is 0.0836. The molecule has 1 fully saturated rings. The molecule has 4 atom stereocenters. The molecule has 8 heteroatoms. The molecule has 1 rings (SSSR count). The van der Waals surface area contributed by atoms with E-state index in [9.17, 15) is 5.11 Å². The van der Waals surface area contributed by atoms with Crippen molar-refractivity contribution in [3.05, 3.63) is 10.4 Å². The van der Waals surface area contributed by atoms with Gasteiger partial charge in [0, 0.05) is 15.8 Å². The average molecular weight is 413 g/mol. The fourth-order valence-corrected chi connectivity index (χ4v) is 3.70. The van der Waals surface area contributed by atoms with Crippen molar-refractivity contribution in [2.75, 3.05) is 4.43 Å². The minimum Gasteiger partial charge on any atom is -0.392 e. The van der Waals surface area contributed by atoms with Gasteiger partial charge < -0.3 is 14.3 Å². The minimum atomic E-state index is -1.95. The lowest BCUT2D eigenvalue weighted by Gasteiger charge is -2.43. The summed E-state index contributed by atoms with van der Waals surface area (Å²) < 4.78 is 12.7. The highest BCUT2D eigenvalue weighted by Crippen LogP contribution is 2.39. The zero-order chi connectivity index (χ0) is 15.6. The van der Waals surface area contributed by atoms with Gasteiger partial charge in [-0.3, -0.25) is 0 Å². The summed E-state index contributed by atoms with van der Waals surface area (Å²) in [5.41, 5.74) is 8.62. The first-order valence-corrected chi connectivity index (χ1v) is 11.2. The second kappa shape index (κ2) is 6.93. The smallest absolute Gasteiger partial charge is 0.195 e. The number of nitrogens with zero attached hydrogens (tertiary/aromatic N) is 3. The maximum absolute atomic E-state index is 10.1. The summed E-state index contributed by atoms with van der Waals surface area (Å²) in [5, 5.41) is 13.9. The van der Waals surface area contributed by atoms with E-state index in [0.717, 1.165) is 0 Å². The van der Waals surface area contributed by atoms with Crippen LogP contribution in [0.2, 0.25) is 18.1 Å². The number of alkyl halides is 1. The zero-order valence-electron chi connectivity index (χ0n) is 12.7. The number of rotatable bonds is 4. The van der Waals surface area contributed by atoms with E-state index in [2.05, 4.69) is 66.5 Å². The molecule has 0 spiro atoms. The molecule has 0 aromatic heterocycles. The fourth-order valence-electron chi connectivity index (χ4n) is 1.81. The molecule has 6 nitrogen and oxygen atoms in total. The highest BCUT2D eigenvalue weighted by atomic mass is 127. The summed E-state index contributed by atoms with van der Waals surface area (Å²) in [6.45, 7) is 10.8. The quantitative estimate of drug-likeness (QED) is 0.191. The van der Waals surface area contributed by atoms with E-state index in [4.69, 9.17) is 14.7 Å². The number of hydrogen-bond donors (Lipinski definition) is 1. The Balaban J connectivity index is 2.83. The lowest BCUT2D eigenvalue weighted by molar-refractivity contribution is -0.188. The van der Waals surface area contributed by atoms with Gasteiger partial charge in [0.2, 0.25) is 0 Å². The van der Waals surface area contributed by atoms with Gasteiger partial charge in [0.05, 0.1) is 18.2 Å². The van der Waals surface area contributed by atoms with E-state index in [1.165, 1.54) is 0 Å². The second-order valence-electron chi connectivity index (χ2n) is 6.64. The van der Waals surface area contributed by atoms with E-state index in [-0.39, 0.29) is 11.1 Å². The Labute approximate surface area is 135 Å². The molecule has 0 aliphatic carbocycles. The average Bonchev–Trinajstić information content (AvgIpc) is 2.31. The monoisotopic (exact) mass is 413 g/mol. The first-order chi connectivity index (χ1) is 9.12. The Morgan fingerprint density at radius 2 is 2.10 bits per heavy atom. The van der Waals surface area contributed by atoms with Crippen LogP contribution >= 0.6 is 22.6 Å². The van der Waals surface area contributed by atoms with Crippen molar-refractivity contribution in [2.24, 2.45) is 5.11 Å². The molecule has 0 unspecified atom stereocenters. The molecule has 0 radical (unpaired) electrons. The predicted molar refractivity (Wildman–Crippen MR) is 89.4 cm³/mol. The summed E-state index contributed by atoms with van der Waals surface area (Å²) in [6, 6.07) is -0.483. The summed E-state index contributed by atoms with van der Waals surface area (Å²) >= 11 is 2.16. The molecule has 0 aromatic carbocycles. The van der Waals surface area contributed by atoms with Crippen LogP contribution in [0.15, 0.2) is 5.11 Å². The maximum atomic E-state index is 10.1. The van der Waals surface area contributed by atoms with Crippen molar-refractivity contribution in [3.63, 3.8) is 0 Å². The van der Waals surface area contributed by atoms with Crippen molar-refractivity contribution in [1.29, 1.82) is 0 Å². The number of aliphatic hydroxyl groups is 1. The molecule has 1 aliphatic rings. The molecular formula is C12H24IN3O3Si. The van der Waals surface area contributed by atoms with Crippen LogP contribution < -0.4 is 0 Å². The Kier molecular flexibility index (Phi) is 6.30. The lowest BCUT2D eigenvalue weighted by Crippen LogP contribution is -2.53. The van der Waals surface area contributed by atoms with Crippen molar-refractivity contribution in [1.82, 2.24) is 0 Å². The van der Waals surface area contributed by atoms with Crippen molar-refractivity contribution in [2.45, 2.75) is 69.9 Å². The number of aliphatic hydroxyl groups excluding tert-OH is 1. The molecule has 0 amide bonds. The summed E-state index contributed by atoms with van der Waals surface area (Å²) in [7, 11) is -1.95. The lowest BCUT2D eigenvalue weighted by atomic mass is 10.0. The van der Waals surface area contributed by atoms with Crippen LogP contribution in [0.5, 0.6) is 0 Å². The molecule has 0 aromatic rings. The topological polar surface area (TPSA) is 87.5 Å². The van der Waals surface area contributed by atoms with Crippen molar-refractivity contribution >= 4 is 30.9 Å². The van der Waals surface area contributed by atoms with Crippen LogP contribution in [-0.4, -0.2) is 42.4 Å². The third kappa shape index (κ3) is 4.31. The van der Waals surface area contributed by atoms with E-state index in [0.29, 0.717) is 10.8 Å². The SMILES string of the molecule is CC(C)(C)[Si](C)(C)O[C@H]1C[C@H](N=[N+]=[N-])[C@H](O)[C@@H](CI)O1. The van der Waals surface area contributed by atoms with Gasteiger partial charge in [0.15, 0.2) is 8.32 Å². The van der Waals surface area contributed by atoms with E-state index < -0.39 is 26.8 Å². The summed E-state index contributed by atoms with van der Waals surface area (Å²) in [5.74, 6) is 0. The Morgan fingerprint density at radius 1 is 1.50 bits per heavy atom. The van der Waals surface area contributed by atoms with Crippen molar-refractivity contribution < 1.29 is 14.3 Å². The first kappa shape index (κ1) is 18.2. The highest BCUT2D eigenvalue weighted by molar-refractivity contribution is 14.1. The molecule has 116 valence electrons. The number of halogens is 1. The molecule has 0 bridgehead atoms. The Hall–Kier alpha value is 0.137. The van der Waals surface area contributed by atoms with Gasteiger partial charge in [-0.05, 0) is 23.7 Å². The fraction of sp³-hybridized carbons (Fsp3) is 1.00.